The summed E-state index contributed by atoms with van der Waals surface area (Å²) in [6.45, 7) is 3.12. The molecule has 0 amide bonds. The second kappa shape index (κ2) is 5.32. The van der Waals surface area contributed by atoms with E-state index >= 15 is 0 Å². The number of carbonyl (C=O) groups excluding carboxylic acids is 1. The van der Waals surface area contributed by atoms with E-state index in [-0.39, 0.29) is 18.1 Å². The maximum absolute atomic E-state index is 11.7. The van der Waals surface area contributed by atoms with Gasteiger partial charge in [0.25, 0.3) is 0 Å². The molecule has 17 heavy (non-hydrogen) atoms. The topological polar surface area (TPSA) is 29.5 Å². The predicted molar refractivity (Wildman–Crippen MR) is 66.6 cm³/mol. The molecule has 92 valence electrons. The molecule has 0 aliphatic carbocycles. The molecule has 0 radical (unpaired) electrons. The SMILES string of the molecule is COC(=O)[C@@H]1CCCN1[C@H](C)c1ccccc1. The number of methoxy groups -OCH3 is 1. The first kappa shape index (κ1) is 12.1. The fourth-order valence-electron chi connectivity index (χ4n) is 2.56. The third-order valence-corrected chi connectivity index (χ3v) is 3.55. The van der Waals surface area contributed by atoms with Gasteiger partial charge in [0.2, 0.25) is 0 Å². The Hall–Kier alpha value is -1.35. The van der Waals surface area contributed by atoms with Gasteiger partial charge in [-0.1, -0.05) is 30.3 Å². The number of esters is 1. The highest BCUT2D eigenvalue weighted by atomic mass is 16.5. The highest BCUT2D eigenvalue weighted by molar-refractivity contribution is 5.76. The average Bonchev–Trinajstić information content (AvgIpc) is 2.87. The Morgan fingerprint density at radius 3 is 2.76 bits per heavy atom. The van der Waals surface area contributed by atoms with E-state index in [1.165, 1.54) is 12.7 Å². The van der Waals surface area contributed by atoms with Crippen LogP contribution in [0, 0.1) is 0 Å². The fourth-order valence-corrected chi connectivity index (χ4v) is 2.56. The number of benzene rings is 1. The Balaban J connectivity index is 2.13. The summed E-state index contributed by atoms with van der Waals surface area (Å²) in [4.78, 5) is 13.9. The van der Waals surface area contributed by atoms with E-state index in [4.69, 9.17) is 4.74 Å². The minimum atomic E-state index is -0.106. The molecular weight excluding hydrogens is 214 g/mol. The second-order valence-electron chi connectivity index (χ2n) is 4.51. The smallest absolute Gasteiger partial charge is 0.323 e. The van der Waals surface area contributed by atoms with Crippen LogP contribution in [0.5, 0.6) is 0 Å². The molecule has 0 aromatic heterocycles. The number of hydrogen-bond donors (Lipinski definition) is 0. The van der Waals surface area contributed by atoms with Crippen molar-refractivity contribution in [2.45, 2.75) is 31.8 Å². The van der Waals surface area contributed by atoms with E-state index in [1.807, 2.05) is 18.2 Å². The van der Waals surface area contributed by atoms with Gasteiger partial charge in [0.1, 0.15) is 6.04 Å². The molecular formula is C14H19NO2. The van der Waals surface area contributed by atoms with Gasteiger partial charge >= 0.3 is 5.97 Å². The van der Waals surface area contributed by atoms with E-state index in [1.54, 1.807) is 0 Å². The van der Waals surface area contributed by atoms with E-state index in [9.17, 15) is 4.79 Å². The van der Waals surface area contributed by atoms with Crippen LogP contribution in [0.3, 0.4) is 0 Å². The monoisotopic (exact) mass is 233 g/mol. The molecule has 0 spiro atoms. The Labute approximate surface area is 102 Å². The van der Waals surface area contributed by atoms with Crippen molar-refractivity contribution in [3.63, 3.8) is 0 Å². The summed E-state index contributed by atoms with van der Waals surface area (Å²) in [6, 6.07) is 10.5. The number of ether oxygens (including phenoxy) is 1. The standard InChI is InChI=1S/C14H19NO2/c1-11(12-7-4-3-5-8-12)15-10-6-9-13(15)14(16)17-2/h3-5,7-8,11,13H,6,9-10H2,1-2H3/t11-,13+/m1/s1. The minimum absolute atomic E-state index is 0.0739. The number of likely N-dealkylation sites (tertiary alicyclic amines) is 1. The number of carbonyl (C=O) groups is 1. The summed E-state index contributed by atoms with van der Waals surface area (Å²) >= 11 is 0. The van der Waals surface area contributed by atoms with Crippen LogP contribution in [0.4, 0.5) is 0 Å². The second-order valence-corrected chi connectivity index (χ2v) is 4.51. The first-order valence-corrected chi connectivity index (χ1v) is 6.12. The van der Waals surface area contributed by atoms with Crippen molar-refractivity contribution < 1.29 is 9.53 Å². The normalized spacial score (nSPS) is 22.4. The Morgan fingerprint density at radius 2 is 2.12 bits per heavy atom. The summed E-state index contributed by atoms with van der Waals surface area (Å²) < 4.78 is 4.87. The van der Waals surface area contributed by atoms with Crippen molar-refractivity contribution in [2.24, 2.45) is 0 Å². The lowest BCUT2D eigenvalue weighted by atomic mass is 10.1. The van der Waals surface area contributed by atoms with Crippen molar-refractivity contribution >= 4 is 5.97 Å². The summed E-state index contributed by atoms with van der Waals surface area (Å²) in [5.74, 6) is -0.106. The van der Waals surface area contributed by atoms with Crippen molar-refractivity contribution in [1.29, 1.82) is 0 Å². The van der Waals surface area contributed by atoms with Crippen molar-refractivity contribution in [3.05, 3.63) is 35.9 Å². The highest BCUT2D eigenvalue weighted by Gasteiger charge is 2.34. The van der Waals surface area contributed by atoms with E-state index in [0.717, 1.165) is 19.4 Å². The van der Waals surface area contributed by atoms with Crippen molar-refractivity contribution in [2.75, 3.05) is 13.7 Å². The minimum Gasteiger partial charge on any atom is -0.468 e. The molecule has 1 saturated heterocycles. The Kier molecular flexibility index (Phi) is 3.79. The molecule has 0 unspecified atom stereocenters. The van der Waals surface area contributed by atoms with Crippen LogP contribution in [0.25, 0.3) is 0 Å². The third-order valence-electron chi connectivity index (χ3n) is 3.55. The highest BCUT2D eigenvalue weighted by Crippen LogP contribution is 2.29. The van der Waals surface area contributed by atoms with Crippen molar-refractivity contribution in [1.82, 2.24) is 4.90 Å². The summed E-state index contributed by atoms with van der Waals surface area (Å²) in [5.41, 5.74) is 1.25. The van der Waals surface area contributed by atoms with Gasteiger partial charge in [-0.25, -0.2) is 0 Å². The van der Waals surface area contributed by atoms with Crippen molar-refractivity contribution in [3.8, 4) is 0 Å². The molecule has 2 atom stereocenters. The van der Waals surface area contributed by atoms with Gasteiger partial charge in [-0.15, -0.1) is 0 Å². The molecule has 1 aromatic rings. The lowest BCUT2D eigenvalue weighted by molar-refractivity contribution is -0.146. The molecule has 1 heterocycles. The lowest BCUT2D eigenvalue weighted by Crippen LogP contribution is -2.38. The summed E-state index contributed by atoms with van der Waals surface area (Å²) in [7, 11) is 1.46. The van der Waals surface area contributed by atoms with Crippen LogP contribution in [0.15, 0.2) is 30.3 Å². The first-order chi connectivity index (χ1) is 8.24. The molecule has 1 fully saturated rings. The van der Waals surface area contributed by atoms with Crippen LogP contribution in [-0.2, 0) is 9.53 Å². The van der Waals surface area contributed by atoms with E-state index < -0.39 is 0 Å². The Bertz CT molecular complexity index is 377. The van der Waals surface area contributed by atoms with Crippen LogP contribution in [0.1, 0.15) is 31.4 Å². The molecule has 0 bridgehead atoms. The molecule has 3 heteroatoms. The Morgan fingerprint density at radius 1 is 1.41 bits per heavy atom. The van der Waals surface area contributed by atoms with Gasteiger partial charge in [-0.05, 0) is 31.9 Å². The molecule has 0 saturated carbocycles. The van der Waals surface area contributed by atoms with E-state index in [0.29, 0.717) is 0 Å². The maximum Gasteiger partial charge on any atom is 0.323 e. The van der Waals surface area contributed by atoms with Crippen LogP contribution in [-0.4, -0.2) is 30.6 Å². The zero-order chi connectivity index (χ0) is 12.3. The van der Waals surface area contributed by atoms with Gasteiger partial charge in [0.15, 0.2) is 0 Å². The number of hydrogen-bond acceptors (Lipinski definition) is 3. The fraction of sp³-hybridized carbons (Fsp3) is 0.500. The predicted octanol–water partition coefficient (Wildman–Crippen LogP) is 2.39. The average molecular weight is 233 g/mol. The van der Waals surface area contributed by atoms with Crippen LogP contribution >= 0.6 is 0 Å². The molecule has 2 rings (SSSR count). The van der Waals surface area contributed by atoms with Gasteiger partial charge in [0, 0.05) is 6.04 Å². The van der Waals surface area contributed by atoms with E-state index in [2.05, 4.69) is 24.0 Å². The maximum atomic E-state index is 11.7. The van der Waals surface area contributed by atoms with Crippen LogP contribution in [0.2, 0.25) is 0 Å². The summed E-state index contributed by atoms with van der Waals surface area (Å²) in [6.07, 6.45) is 1.97. The first-order valence-electron chi connectivity index (χ1n) is 6.12. The molecule has 0 N–H and O–H groups in total. The van der Waals surface area contributed by atoms with Gasteiger partial charge < -0.3 is 4.74 Å². The third kappa shape index (κ3) is 2.50. The van der Waals surface area contributed by atoms with Gasteiger partial charge in [0.05, 0.1) is 7.11 Å². The lowest BCUT2D eigenvalue weighted by Gasteiger charge is -2.29. The molecule has 1 aliphatic rings. The summed E-state index contributed by atoms with van der Waals surface area (Å²) in [5, 5.41) is 0. The molecule has 1 aromatic carbocycles. The van der Waals surface area contributed by atoms with Gasteiger partial charge in [-0.2, -0.15) is 0 Å². The molecule has 1 aliphatic heterocycles. The quantitative estimate of drug-likeness (QED) is 0.751. The van der Waals surface area contributed by atoms with Gasteiger partial charge in [-0.3, -0.25) is 9.69 Å². The number of nitrogens with zero attached hydrogens (tertiary/aromatic N) is 1. The zero-order valence-electron chi connectivity index (χ0n) is 10.4. The molecule has 3 nitrogen and oxygen atoms in total. The number of rotatable bonds is 3. The van der Waals surface area contributed by atoms with Crippen LogP contribution < -0.4 is 0 Å². The largest absolute Gasteiger partial charge is 0.468 e. The zero-order valence-corrected chi connectivity index (χ0v) is 10.4.